The first-order chi connectivity index (χ1) is 23.9. The number of rotatable bonds is 7. The van der Waals surface area contributed by atoms with Crippen LogP contribution in [0.15, 0.2) is 83.6 Å². The Labute approximate surface area is 288 Å². The second-order valence-electron chi connectivity index (χ2n) is 12.0. The molecular formula is C36H36N6O8. The number of amides is 8. The summed E-state index contributed by atoms with van der Waals surface area (Å²) in [7, 11) is 5.32. The van der Waals surface area contributed by atoms with Gasteiger partial charge in [-0.1, -0.05) is 12.1 Å². The van der Waals surface area contributed by atoms with Gasteiger partial charge in [-0.05, 0) is 86.4 Å². The number of hydrogen-bond donors (Lipinski definition) is 0. The third-order valence-corrected chi connectivity index (χ3v) is 9.00. The molecule has 4 aliphatic rings. The molecule has 2 fully saturated rings. The van der Waals surface area contributed by atoms with Gasteiger partial charge in [0.1, 0.15) is 11.1 Å². The van der Waals surface area contributed by atoms with E-state index >= 15 is 0 Å². The number of allylic oxidation sites excluding steroid dienone is 4. The van der Waals surface area contributed by atoms with E-state index < -0.39 is 35.7 Å². The van der Waals surface area contributed by atoms with E-state index in [1.165, 1.54) is 40.3 Å². The van der Waals surface area contributed by atoms with Crippen LogP contribution in [0.2, 0.25) is 0 Å². The molecule has 4 aliphatic heterocycles. The first-order valence-corrected chi connectivity index (χ1v) is 16.1. The molecule has 2 aromatic carbocycles. The molecule has 14 heteroatoms. The summed E-state index contributed by atoms with van der Waals surface area (Å²) in [6.45, 7) is 5.09. The summed E-state index contributed by atoms with van der Waals surface area (Å²) in [5.41, 5.74) is 3.62. The van der Waals surface area contributed by atoms with Crippen LogP contribution in [0.1, 0.15) is 25.0 Å². The van der Waals surface area contributed by atoms with Crippen LogP contribution in [0, 0.1) is 0 Å². The fraction of sp³-hybridized carbons (Fsp3) is 0.278. The van der Waals surface area contributed by atoms with Gasteiger partial charge in [0.25, 0.3) is 23.6 Å². The smallest absolute Gasteiger partial charge is 0.333 e. The van der Waals surface area contributed by atoms with Gasteiger partial charge in [0, 0.05) is 41.3 Å². The summed E-state index contributed by atoms with van der Waals surface area (Å²) in [4.78, 5) is 82.1. The molecule has 0 saturated carbocycles. The van der Waals surface area contributed by atoms with Crippen molar-refractivity contribution in [3.8, 4) is 11.5 Å². The van der Waals surface area contributed by atoms with Gasteiger partial charge in [0.15, 0.2) is 11.5 Å². The minimum absolute atomic E-state index is 0.132. The molecule has 0 atom stereocenters. The average Bonchev–Trinajstić information content (AvgIpc) is 3.66. The fourth-order valence-electron chi connectivity index (χ4n) is 6.09. The van der Waals surface area contributed by atoms with Crippen LogP contribution in [0.4, 0.5) is 21.0 Å². The van der Waals surface area contributed by atoms with Crippen LogP contribution in [-0.4, -0.2) is 96.6 Å². The van der Waals surface area contributed by atoms with Gasteiger partial charge in [-0.25, -0.2) is 9.59 Å². The van der Waals surface area contributed by atoms with E-state index in [4.69, 9.17) is 9.47 Å². The number of urea groups is 2. The lowest BCUT2D eigenvalue weighted by Gasteiger charge is -2.28. The van der Waals surface area contributed by atoms with Crippen LogP contribution >= 0.6 is 0 Å². The van der Waals surface area contributed by atoms with Crippen molar-refractivity contribution in [2.75, 3.05) is 51.1 Å². The fourth-order valence-corrected chi connectivity index (χ4v) is 6.09. The molecule has 8 amide bonds. The molecule has 0 aromatic heterocycles. The topological polar surface area (TPSA) is 140 Å². The van der Waals surface area contributed by atoms with Gasteiger partial charge in [-0.3, -0.25) is 38.8 Å². The molecule has 14 nitrogen and oxygen atoms in total. The highest BCUT2D eigenvalue weighted by Gasteiger charge is 2.39. The highest BCUT2D eigenvalue weighted by molar-refractivity contribution is 6.29. The van der Waals surface area contributed by atoms with Crippen molar-refractivity contribution in [1.29, 1.82) is 0 Å². The molecule has 6 rings (SSSR count). The summed E-state index contributed by atoms with van der Waals surface area (Å²) >= 11 is 0. The zero-order valence-electron chi connectivity index (χ0n) is 28.6. The largest absolute Gasteiger partial charge is 0.439 e. The van der Waals surface area contributed by atoms with Crippen LogP contribution in [0.25, 0.3) is 0 Å². The van der Waals surface area contributed by atoms with Crippen molar-refractivity contribution in [2.45, 2.75) is 26.7 Å². The molecule has 0 radical (unpaired) electrons. The number of likely N-dealkylation sites (N-methyl/N-ethyl adjacent to an activating group) is 4. The number of carbonyl (C=O) groups excluding carboxylic acids is 6. The Bertz CT molecular complexity index is 1800. The van der Waals surface area contributed by atoms with E-state index in [2.05, 4.69) is 12.1 Å². The number of barbiturate groups is 2. The van der Waals surface area contributed by atoms with Gasteiger partial charge >= 0.3 is 12.1 Å². The predicted molar refractivity (Wildman–Crippen MR) is 182 cm³/mol. The predicted octanol–water partition coefficient (Wildman–Crippen LogP) is 3.55. The molecule has 0 N–H and O–H groups in total. The van der Waals surface area contributed by atoms with Gasteiger partial charge in [-0.2, -0.15) is 0 Å². The maximum atomic E-state index is 12.6. The number of benzene rings is 2. The third kappa shape index (κ3) is 5.67. The first-order valence-electron chi connectivity index (χ1n) is 16.1. The SMILES string of the molecule is CCN1/C(=C/C=C2C(=O)N(C)C(=O)N(C)C2=O)Oc2ccc(CCc3ccc4c(c3)N(CC)/C(=C\C=C3C(=O)N(C)C(=O)N(C)C3=O)O4)cc21. The number of carbonyl (C=O) groups is 6. The Morgan fingerprint density at radius 2 is 0.860 bits per heavy atom. The van der Waals surface area contributed by atoms with Crippen LogP contribution in [0.5, 0.6) is 11.5 Å². The number of fused-ring (bicyclic) bond motifs is 2. The van der Waals surface area contributed by atoms with Crippen molar-refractivity contribution in [2.24, 2.45) is 0 Å². The van der Waals surface area contributed by atoms with Crippen LogP contribution < -0.4 is 19.3 Å². The molecule has 0 unspecified atom stereocenters. The minimum atomic E-state index is -0.683. The molecule has 50 heavy (non-hydrogen) atoms. The first kappa shape index (κ1) is 33.7. The van der Waals surface area contributed by atoms with Crippen LogP contribution in [0.3, 0.4) is 0 Å². The van der Waals surface area contributed by atoms with Crippen molar-refractivity contribution in [1.82, 2.24) is 19.6 Å². The quantitative estimate of drug-likeness (QED) is 0.315. The zero-order chi connectivity index (χ0) is 36.0. The molecule has 2 saturated heterocycles. The van der Waals surface area contributed by atoms with Crippen LogP contribution in [-0.2, 0) is 32.0 Å². The monoisotopic (exact) mass is 680 g/mol. The van der Waals surface area contributed by atoms with Crippen molar-refractivity contribution in [3.05, 3.63) is 94.7 Å². The summed E-state index contributed by atoms with van der Waals surface area (Å²) in [6, 6.07) is 10.5. The van der Waals surface area contributed by atoms with Gasteiger partial charge in [0.2, 0.25) is 11.8 Å². The highest BCUT2D eigenvalue weighted by atomic mass is 16.5. The minimum Gasteiger partial charge on any atom is -0.439 e. The van der Waals surface area contributed by atoms with Crippen molar-refractivity contribution in [3.63, 3.8) is 0 Å². The van der Waals surface area contributed by atoms with Gasteiger partial charge in [0.05, 0.1) is 11.4 Å². The standard InChI is InChI=1S/C36H36N6O8/c1-7-41-25-19-21(11-15-27(25)49-29(41)17-13-23-31(43)37(3)35(47)38(4)32(23)44)9-10-22-12-16-28-26(20-22)42(8-2)30(50-28)18-14-24-33(45)39(5)36(48)40(6)34(24)46/h11-20H,7-10H2,1-6H3/b29-17-,30-18+. The van der Waals surface area contributed by atoms with Crippen molar-refractivity contribution >= 4 is 47.1 Å². The summed E-state index contributed by atoms with van der Waals surface area (Å²) in [6.07, 6.45) is 7.37. The Balaban J connectivity index is 1.16. The number of aryl methyl sites for hydroxylation is 2. The Kier molecular flexibility index (Phi) is 8.78. The summed E-state index contributed by atoms with van der Waals surface area (Å²) < 4.78 is 12.1. The Morgan fingerprint density at radius 1 is 0.520 bits per heavy atom. The number of anilines is 2. The molecule has 0 spiro atoms. The lowest BCUT2D eigenvalue weighted by Crippen LogP contribution is -2.53. The van der Waals surface area contributed by atoms with E-state index in [0.29, 0.717) is 36.4 Å². The van der Waals surface area contributed by atoms with Gasteiger partial charge in [-0.15, -0.1) is 0 Å². The number of hydrogen-bond acceptors (Lipinski definition) is 10. The number of ether oxygens (including phenoxy) is 2. The maximum Gasteiger partial charge on any atom is 0.333 e. The number of imide groups is 4. The highest BCUT2D eigenvalue weighted by Crippen LogP contribution is 2.41. The van der Waals surface area contributed by atoms with Gasteiger partial charge < -0.3 is 19.3 Å². The van der Waals surface area contributed by atoms with E-state index in [9.17, 15) is 28.8 Å². The van der Waals surface area contributed by atoms with E-state index in [0.717, 1.165) is 54.9 Å². The second kappa shape index (κ2) is 13.0. The summed E-state index contributed by atoms with van der Waals surface area (Å²) in [5.74, 6) is -0.485. The molecule has 0 aliphatic carbocycles. The molecular weight excluding hydrogens is 644 g/mol. The molecule has 2 aromatic rings. The lowest BCUT2D eigenvalue weighted by molar-refractivity contribution is -0.136. The Morgan fingerprint density at radius 3 is 1.18 bits per heavy atom. The third-order valence-electron chi connectivity index (χ3n) is 9.00. The number of nitrogens with zero attached hydrogens (tertiary/aromatic N) is 6. The zero-order valence-corrected chi connectivity index (χ0v) is 28.6. The second-order valence-corrected chi connectivity index (χ2v) is 12.0. The van der Waals surface area contributed by atoms with E-state index in [-0.39, 0.29) is 11.1 Å². The Hall–Kier alpha value is -6.18. The van der Waals surface area contributed by atoms with E-state index in [1.807, 2.05) is 47.9 Å². The van der Waals surface area contributed by atoms with E-state index in [1.54, 1.807) is 12.2 Å². The molecule has 258 valence electrons. The van der Waals surface area contributed by atoms with Crippen molar-refractivity contribution < 1.29 is 38.2 Å². The average molecular weight is 681 g/mol. The summed E-state index contributed by atoms with van der Waals surface area (Å²) in [5, 5.41) is 0. The molecule has 0 bridgehead atoms. The normalized spacial score (nSPS) is 19.2. The molecule has 4 heterocycles. The lowest BCUT2D eigenvalue weighted by atomic mass is 10.0. The maximum absolute atomic E-state index is 12.6.